The van der Waals surface area contributed by atoms with Crippen molar-refractivity contribution in [2.45, 2.75) is 65.7 Å². The van der Waals surface area contributed by atoms with Crippen molar-refractivity contribution >= 4 is 23.2 Å². The number of carbonyl (C=O) groups is 3. The smallest absolute Gasteiger partial charge is 0.244 e. The Bertz CT molecular complexity index is 1060. The van der Waals surface area contributed by atoms with Crippen molar-refractivity contribution in [3.05, 3.63) is 52.0 Å². The Balaban J connectivity index is 1.87. The van der Waals surface area contributed by atoms with Gasteiger partial charge in [-0.3, -0.25) is 14.4 Å². The zero-order valence-corrected chi connectivity index (χ0v) is 18.2. The molecule has 4 aliphatic rings. The fourth-order valence-corrected chi connectivity index (χ4v) is 5.72. The highest BCUT2D eigenvalue weighted by Gasteiger charge is 2.63. The number of hydrogen-bond acceptors (Lipinski definition) is 4. The largest absolute Gasteiger partial charge is 0.465 e. The second-order valence-corrected chi connectivity index (χ2v) is 10.8. The fraction of sp³-hybridized carbons (Fsp3) is 0.480. The van der Waals surface area contributed by atoms with E-state index in [4.69, 9.17) is 4.74 Å². The van der Waals surface area contributed by atoms with Gasteiger partial charge in [0.2, 0.25) is 5.91 Å². The van der Waals surface area contributed by atoms with Crippen LogP contribution in [0.3, 0.4) is 0 Å². The second-order valence-electron chi connectivity index (χ2n) is 10.8. The lowest BCUT2D eigenvalue weighted by Crippen LogP contribution is -2.51. The maximum atomic E-state index is 13.7. The summed E-state index contributed by atoms with van der Waals surface area (Å²) in [4.78, 5) is 40.7. The summed E-state index contributed by atoms with van der Waals surface area (Å²) in [6.45, 7) is 10.1. The third kappa shape index (κ3) is 2.44. The third-order valence-electron chi connectivity index (χ3n) is 6.84. The van der Waals surface area contributed by atoms with E-state index < -0.39 is 5.41 Å². The highest BCUT2D eigenvalue weighted by Crippen LogP contribution is 2.59. The minimum Gasteiger partial charge on any atom is -0.465 e. The number of hydrogen-bond donors (Lipinski definition) is 1. The SMILES string of the molecule is Cc1ccc2c(c1)C1(C(=O)N2)C2=C(CC(C)(C)CC2=O)OC2=C1C(=O)CC(C)(C)C2. The van der Waals surface area contributed by atoms with Gasteiger partial charge in [-0.05, 0) is 23.8 Å². The molecule has 0 aromatic heterocycles. The topological polar surface area (TPSA) is 72.5 Å². The first-order chi connectivity index (χ1) is 13.9. The Morgan fingerprint density at radius 2 is 1.37 bits per heavy atom. The summed E-state index contributed by atoms with van der Waals surface area (Å²) in [7, 11) is 0. The standard InChI is InChI=1S/C25H27NO4/c1-13-6-7-15-14(8-13)25(22(29)26-15)20-16(27)9-23(2,3)11-18(20)30-19-12-24(4,5)10-17(28)21(19)25/h6-8H,9-12H2,1-5H3,(H,26,29). The van der Waals surface area contributed by atoms with E-state index in [1.807, 2.05) is 52.8 Å². The van der Waals surface area contributed by atoms with Gasteiger partial charge in [-0.15, -0.1) is 0 Å². The molecule has 0 atom stereocenters. The highest BCUT2D eigenvalue weighted by molar-refractivity contribution is 6.23. The van der Waals surface area contributed by atoms with E-state index in [2.05, 4.69) is 5.32 Å². The molecule has 2 heterocycles. The number of anilines is 1. The molecule has 0 fully saturated rings. The Kier molecular flexibility index (Phi) is 3.67. The first-order valence-electron chi connectivity index (χ1n) is 10.6. The van der Waals surface area contributed by atoms with Crippen LogP contribution < -0.4 is 5.32 Å². The van der Waals surface area contributed by atoms with Crippen LogP contribution in [0.15, 0.2) is 40.9 Å². The highest BCUT2D eigenvalue weighted by atomic mass is 16.5. The molecule has 1 amide bonds. The minimum atomic E-state index is -1.40. The molecule has 1 N–H and O–H groups in total. The summed E-state index contributed by atoms with van der Waals surface area (Å²) in [6.07, 6.45) is 1.78. The fourth-order valence-electron chi connectivity index (χ4n) is 5.72. The number of rotatable bonds is 0. The van der Waals surface area contributed by atoms with Crippen LogP contribution in [-0.2, 0) is 24.5 Å². The molecule has 0 saturated heterocycles. The molecule has 2 aliphatic carbocycles. The molecule has 156 valence electrons. The third-order valence-corrected chi connectivity index (χ3v) is 6.84. The van der Waals surface area contributed by atoms with Crippen LogP contribution in [0.25, 0.3) is 0 Å². The predicted octanol–water partition coefficient (Wildman–Crippen LogP) is 4.50. The molecule has 0 saturated carbocycles. The van der Waals surface area contributed by atoms with E-state index in [1.165, 1.54) is 0 Å². The van der Waals surface area contributed by atoms with E-state index in [0.29, 0.717) is 59.6 Å². The van der Waals surface area contributed by atoms with Crippen LogP contribution in [0.4, 0.5) is 5.69 Å². The number of aryl methyl sites for hydroxylation is 1. The quantitative estimate of drug-likeness (QED) is 0.690. The summed E-state index contributed by atoms with van der Waals surface area (Å²) in [5.74, 6) is 0.604. The van der Waals surface area contributed by atoms with Gasteiger partial charge in [0, 0.05) is 36.9 Å². The summed E-state index contributed by atoms with van der Waals surface area (Å²) in [5, 5.41) is 2.97. The van der Waals surface area contributed by atoms with Crippen molar-refractivity contribution in [1.82, 2.24) is 0 Å². The molecular weight excluding hydrogens is 378 g/mol. The Morgan fingerprint density at radius 1 is 0.833 bits per heavy atom. The summed E-state index contributed by atoms with van der Waals surface area (Å²) in [5.41, 5.74) is 1.18. The van der Waals surface area contributed by atoms with Crippen LogP contribution >= 0.6 is 0 Å². The van der Waals surface area contributed by atoms with E-state index in [9.17, 15) is 14.4 Å². The molecule has 0 unspecified atom stereocenters. The van der Waals surface area contributed by atoms with Gasteiger partial charge in [-0.1, -0.05) is 45.4 Å². The van der Waals surface area contributed by atoms with Gasteiger partial charge >= 0.3 is 0 Å². The summed E-state index contributed by atoms with van der Waals surface area (Å²) < 4.78 is 6.32. The molecule has 0 radical (unpaired) electrons. The van der Waals surface area contributed by atoms with E-state index in [-0.39, 0.29) is 28.3 Å². The van der Waals surface area contributed by atoms with Crippen LogP contribution in [0.2, 0.25) is 0 Å². The molecule has 2 aliphatic heterocycles. The Hall–Kier alpha value is -2.69. The average molecular weight is 405 g/mol. The minimum absolute atomic E-state index is 0.102. The van der Waals surface area contributed by atoms with Crippen LogP contribution in [0.5, 0.6) is 0 Å². The lowest BCUT2D eigenvalue weighted by molar-refractivity contribution is -0.127. The summed E-state index contributed by atoms with van der Waals surface area (Å²) >= 11 is 0. The van der Waals surface area contributed by atoms with E-state index >= 15 is 0 Å². The van der Waals surface area contributed by atoms with Crippen molar-refractivity contribution in [2.75, 3.05) is 5.32 Å². The molecule has 1 aromatic rings. The number of ether oxygens (including phenoxy) is 1. The number of fused-ring (bicyclic) bond motifs is 4. The van der Waals surface area contributed by atoms with Crippen LogP contribution in [0, 0.1) is 17.8 Å². The van der Waals surface area contributed by atoms with Crippen LogP contribution in [-0.4, -0.2) is 17.5 Å². The predicted molar refractivity (Wildman–Crippen MR) is 113 cm³/mol. The Morgan fingerprint density at radius 3 is 1.90 bits per heavy atom. The normalized spacial score (nSPS) is 25.6. The van der Waals surface area contributed by atoms with Gasteiger partial charge in [0.15, 0.2) is 11.6 Å². The van der Waals surface area contributed by atoms with Crippen LogP contribution in [0.1, 0.15) is 64.5 Å². The number of allylic oxidation sites excluding steroid dienone is 2. The molecule has 5 heteroatoms. The van der Waals surface area contributed by atoms with Gasteiger partial charge in [0.05, 0.1) is 11.1 Å². The van der Waals surface area contributed by atoms with Gasteiger partial charge in [0.1, 0.15) is 16.9 Å². The number of nitrogens with one attached hydrogen (secondary N) is 1. The number of amides is 1. The van der Waals surface area contributed by atoms with E-state index in [1.54, 1.807) is 0 Å². The first kappa shape index (κ1) is 19.3. The summed E-state index contributed by atoms with van der Waals surface area (Å²) in [6, 6.07) is 5.73. The molecule has 0 bridgehead atoms. The number of ketones is 2. The van der Waals surface area contributed by atoms with Gasteiger partial charge in [-0.2, -0.15) is 0 Å². The monoisotopic (exact) mass is 405 g/mol. The Labute approximate surface area is 176 Å². The van der Waals surface area contributed by atoms with Crippen molar-refractivity contribution < 1.29 is 19.1 Å². The number of carbonyl (C=O) groups excluding carboxylic acids is 3. The van der Waals surface area contributed by atoms with Crippen molar-refractivity contribution in [3.8, 4) is 0 Å². The molecular formula is C25H27NO4. The zero-order chi connectivity index (χ0) is 21.6. The van der Waals surface area contributed by atoms with Crippen molar-refractivity contribution in [2.24, 2.45) is 10.8 Å². The average Bonchev–Trinajstić information content (AvgIpc) is 2.84. The van der Waals surface area contributed by atoms with E-state index in [0.717, 1.165) is 5.56 Å². The van der Waals surface area contributed by atoms with Gasteiger partial charge in [0.25, 0.3) is 0 Å². The maximum Gasteiger partial charge on any atom is 0.244 e. The molecule has 1 aromatic carbocycles. The second kappa shape index (κ2) is 5.71. The van der Waals surface area contributed by atoms with Crippen molar-refractivity contribution in [3.63, 3.8) is 0 Å². The van der Waals surface area contributed by atoms with Gasteiger partial charge < -0.3 is 10.1 Å². The molecule has 5 nitrogen and oxygen atoms in total. The molecule has 30 heavy (non-hydrogen) atoms. The lowest BCUT2D eigenvalue weighted by atomic mass is 9.58. The van der Waals surface area contributed by atoms with Crippen molar-refractivity contribution in [1.29, 1.82) is 0 Å². The maximum absolute atomic E-state index is 13.7. The zero-order valence-electron chi connectivity index (χ0n) is 18.2. The number of benzene rings is 1. The lowest BCUT2D eigenvalue weighted by Gasteiger charge is -2.46. The first-order valence-corrected chi connectivity index (χ1v) is 10.6. The van der Waals surface area contributed by atoms with Gasteiger partial charge in [-0.25, -0.2) is 0 Å². The number of Topliss-reactive ketones (excluding diaryl/α,β-unsaturated/α-hetero) is 2. The molecule has 5 rings (SSSR count). The molecule has 1 spiro atoms.